The summed E-state index contributed by atoms with van der Waals surface area (Å²) in [6, 6.07) is 4.08. The van der Waals surface area contributed by atoms with Crippen molar-refractivity contribution in [2.75, 3.05) is 7.05 Å². The van der Waals surface area contributed by atoms with Gasteiger partial charge in [0, 0.05) is 36.7 Å². The Hall–Kier alpha value is -1.55. The summed E-state index contributed by atoms with van der Waals surface area (Å²) in [5.41, 5.74) is 2.13. The number of furan rings is 1. The summed E-state index contributed by atoms with van der Waals surface area (Å²) in [4.78, 5) is 15.5. The van der Waals surface area contributed by atoms with Gasteiger partial charge < -0.3 is 14.4 Å². The fourth-order valence-electron chi connectivity index (χ4n) is 5.75. The fourth-order valence-corrected chi connectivity index (χ4v) is 5.75. The van der Waals surface area contributed by atoms with Crippen LogP contribution in [0.3, 0.4) is 0 Å². The zero-order valence-electron chi connectivity index (χ0n) is 16.6. The summed E-state index contributed by atoms with van der Waals surface area (Å²) in [6.07, 6.45) is 4.50. The third-order valence-electron chi connectivity index (χ3n) is 6.78. The predicted molar refractivity (Wildman–Crippen MR) is 101 cm³/mol. The quantitative estimate of drug-likeness (QED) is 0.821. The lowest BCUT2D eigenvalue weighted by Crippen LogP contribution is -2.57. The van der Waals surface area contributed by atoms with Crippen molar-refractivity contribution in [1.82, 2.24) is 4.90 Å². The van der Waals surface area contributed by atoms with Crippen molar-refractivity contribution in [3.8, 4) is 0 Å². The van der Waals surface area contributed by atoms with Crippen LogP contribution in [0.2, 0.25) is 0 Å². The van der Waals surface area contributed by atoms with E-state index in [9.17, 15) is 9.90 Å². The van der Waals surface area contributed by atoms with E-state index in [1.807, 2.05) is 12.1 Å². The molecule has 4 atom stereocenters. The van der Waals surface area contributed by atoms with Crippen LogP contribution in [-0.4, -0.2) is 35.0 Å². The monoisotopic (exact) mass is 357 g/mol. The smallest absolute Gasteiger partial charge is 0.161 e. The molecule has 3 aliphatic rings. The van der Waals surface area contributed by atoms with Gasteiger partial charge in [-0.05, 0) is 42.2 Å². The minimum absolute atomic E-state index is 0.00286. The number of carbonyl (C=O) groups excluding carboxylic acids is 1. The average molecular weight is 357 g/mol. The Morgan fingerprint density at radius 2 is 1.88 bits per heavy atom. The van der Waals surface area contributed by atoms with Crippen LogP contribution in [0.4, 0.5) is 0 Å². The SMILES string of the molecule is CN1C2=C(C(=O)CC(C)(C)C2)C(c2ccco2)[C@H]2[C@H](O)CC(C)(C)C[C@H]21. The minimum atomic E-state index is -0.432. The van der Waals surface area contributed by atoms with Crippen LogP contribution >= 0.6 is 0 Å². The lowest BCUT2D eigenvalue weighted by Gasteiger charge is -2.56. The van der Waals surface area contributed by atoms with Crippen molar-refractivity contribution in [3.05, 3.63) is 35.4 Å². The maximum Gasteiger partial charge on any atom is 0.161 e. The highest BCUT2D eigenvalue weighted by Crippen LogP contribution is 2.55. The molecule has 2 aliphatic carbocycles. The van der Waals surface area contributed by atoms with Gasteiger partial charge in [0.2, 0.25) is 0 Å². The molecule has 0 spiro atoms. The molecule has 1 aliphatic heterocycles. The zero-order valence-corrected chi connectivity index (χ0v) is 16.6. The maximum atomic E-state index is 13.2. The first-order valence-electron chi connectivity index (χ1n) is 9.80. The van der Waals surface area contributed by atoms with Crippen molar-refractivity contribution >= 4 is 5.78 Å². The molecule has 4 nitrogen and oxygen atoms in total. The first kappa shape index (κ1) is 17.8. The number of Topliss-reactive ketones (excluding diaryl/α,β-unsaturated/α-hetero) is 1. The summed E-state index contributed by atoms with van der Waals surface area (Å²) in [5.74, 6) is 0.923. The second kappa shape index (κ2) is 5.72. The molecule has 1 aromatic heterocycles. The lowest BCUT2D eigenvalue weighted by molar-refractivity contribution is -0.121. The number of carbonyl (C=O) groups is 1. The molecule has 0 aromatic carbocycles. The molecule has 4 heteroatoms. The van der Waals surface area contributed by atoms with Crippen molar-refractivity contribution < 1.29 is 14.3 Å². The second-order valence-corrected chi connectivity index (χ2v) is 10.2. The number of aliphatic hydroxyl groups is 1. The van der Waals surface area contributed by atoms with Gasteiger partial charge in [-0.15, -0.1) is 0 Å². The molecule has 1 saturated carbocycles. The van der Waals surface area contributed by atoms with E-state index in [1.54, 1.807) is 6.26 Å². The Balaban J connectivity index is 1.89. The van der Waals surface area contributed by atoms with E-state index in [4.69, 9.17) is 4.42 Å². The van der Waals surface area contributed by atoms with Gasteiger partial charge in [0.05, 0.1) is 18.3 Å². The van der Waals surface area contributed by atoms with Crippen molar-refractivity contribution in [2.45, 2.75) is 71.4 Å². The molecule has 2 heterocycles. The van der Waals surface area contributed by atoms with Crippen LogP contribution in [0, 0.1) is 16.7 Å². The number of fused-ring (bicyclic) bond motifs is 1. The highest BCUT2D eigenvalue weighted by Gasteiger charge is 2.54. The van der Waals surface area contributed by atoms with E-state index in [-0.39, 0.29) is 34.5 Å². The van der Waals surface area contributed by atoms with Gasteiger partial charge >= 0.3 is 0 Å². The Morgan fingerprint density at radius 1 is 1.15 bits per heavy atom. The summed E-state index contributed by atoms with van der Waals surface area (Å²) in [6.45, 7) is 8.83. The molecule has 0 radical (unpaired) electrons. The van der Waals surface area contributed by atoms with Crippen LogP contribution < -0.4 is 0 Å². The third-order valence-corrected chi connectivity index (χ3v) is 6.78. The molecule has 1 fully saturated rings. The van der Waals surface area contributed by atoms with Gasteiger partial charge in [0.25, 0.3) is 0 Å². The number of hydrogen-bond acceptors (Lipinski definition) is 4. The molecule has 26 heavy (non-hydrogen) atoms. The largest absolute Gasteiger partial charge is 0.469 e. The Morgan fingerprint density at radius 3 is 2.54 bits per heavy atom. The first-order chi connectivity index (χ1) is 12.1. The average Bonchev–Trinajstić information content (AvgIpc) is 3.01. The van der Waals surface area contributed by atoms with Crippen molar-refractivity contribution in [1.29, 1.82) is 0 Å². The maximum absolute atomic E-state index is 13.2. The Kier molecular flexibility index (Phi) is 3.93. The van der Waals surface area contributed by atoms with Crippen LogP contribution in [-0.2, 0) is 4.79 Å². The van der Waals surface area contributed by atoms with Crippen LogP contribution in [0.25, 0.3) is 0 Å². The minimum Gasteiger partial charge on any atom is -0.469 e. The van der Waals surface area contributed by atoms with E-state index < -0.39 is 6.10 Å². The molecule has 1 unspecified atom stereocenters. The zero-order chi connectivity index (χ0) is 18.9. The van der Waals surface area contributed by atoms with Gasteiger partial charge in [0.15, 0.2) is 5.78 Å². The Bertz CT molecular complexity index is 743. The number of rotatable bonds is 1. The second-order valence-electron chi connectivity index (χ2n) is 10.2. The van der Waals surface area contributed by atoms with Gasteiger partial charge in [-0.2, -0.15) is 0 Å². The lowest BCUT2D eigenvalue weighted by atomic mass is 9.58. The van der Waals surface area contributed by atoms with Gasteiger partial charge in [-0.1, -0.05) is 27.7 Å². The summed E-state index contributed by atoms with van der Waals surface area (Å²) >= 11 is 0. The summed E-state index contributed by atoms with van der Waals surface area (Å²) in [5, 5.41) is 11.1. The highest BCUT2D eigenvalue weighted by molar-refractivity contribution is 5.99. The fraction of sp³-hybridized carbons (Fsp3) is 0.682. The van der Waals surface area contributed by atoms with Crippen LogP contribution in [0.15, 0.2) is 34.1 Å². The van der Waals surface area contributed by atoms with Crippen LogP contribution in [0.5, 0.6) is 0 Å². The van der Waals surface area contributed by atoms with E-state index in [0.717, 1.165) is 30.6 Å². The highest BCUT2D eigenvalue weighted by atomic mass is 16.3. The van der Waals surface area contributed by atoms with E-state index >= 15 is 0 Å². The molecule has 0 saturated heterocycles. The Labute approximate surface area is 156 Å². The van der Waals surface area contributed by atoms with Gasteiger partial charge in [-0.25, -0.2) is 0 Å². The third kappa shape index (κ3) is 2.74. The van der Waals surface area contributed by atoms with Gasteiger partial charge in [-0.3, -0.25) is 4.79 Å². The molecular weight excluding hydrogens is 326 g/mol. The number of nitrogens with zero attached hydrogens (tertiary/aromatic N) is 1. The summed E-state index contributed by atoms with van der Waals surface area (Å²) < 4.78 is 5.79. The number of aliphatic hydroxyl groups excluding tert-OH is 1. The van der Waals surface area contributed by atoms with Crippen molar-refractivity contribution in [2.24, 2.45) is 16.7 Å². The molecule has 4 rings (SSSR count). The van der Waals surface area contributed by atoms with Crippen LogP contribution in [0.1, 0.15) is 65.1 Å². The molecule has 142 valence electrons. The normalized spacial score (nSPS) is 35.9. The molecule has 0 bridgehead atoms. The molecule has 1 aromatic rings. The number of ketones is 1. The van der Waals surface area contributed by atoms with Gasteiger partial charge in [0.1, 0.15) is 5.76 Å². The van der Waals surface area contributed by atoms with E-state index in [0.29, 0.717) is 6.42 Å². The number of allylic oxidation sites excluding steroid dienone is 2. The molecule has 0 amide bonds. The first-order valence-corrected chi connectivity index (χ1v) is 9.80. The number of hydrogen-bond donors (Lipinski definition) is 1. The standard InChI is InChI=1S/C22H31NO3/c1-21(2)9-13-18(15(24)11-21)20(17-7-6-8-26-17)19-14(23(13)5)10-22(3,4)12-16(19)25/h6-8,13,15,18,20,24H,9-12H2,1-5H3/t13-,15-,18-,20?/m1/s1. The van der Waals surface area contributed by atoms with E-state index in [2.05, 4.69) is 39.6 Å². The topological polar surface area (TPSA) is 53.7 Å². The molecular formula is C22H31NO3. The summed E-state index contributed by atoms with van der Waals surface area (Å²) in [7, 11) is 2.12. The molecule has 1 N–H and O–H groups in total. The van der Waals surface area contributed by atoms with Crippen molar-refractivity contribution in [3.63, 3.8) is 0 Å². The predicted octanol–water partition coefficient (Wildman–Crippen LogP) is 4.12. The van der Waals surface area contributed by atoms with E-state index in [1.165, 1.54) is 5.70 Å².